The number of aromatic nitrogens is 4. The zero-order valence-corrected chi connectivity index (χ0v) is 12.1. The Bertz CT molecular complexity index is 307. The van der Waals surface area contributed by atoms with Crippen LogP contribution in [0.1, 0.15) is 26.2 Å². The summed E-state index contributed by atoms with van der Waals surface area (Å²) in [6.07, 6.45) is 3.74. The second-order valence-corrected chi connectivity index (χ2v) is 5.05. The van der Waals surface area contributed by atoms with Crippen LogP contribution in [0.2, 0.25) is 0 Å². The van der Waals surface area contributed by atoms with Gasteiger partial charge in [-0.2, -0.15) is 0 Å². The molecule has 1 N–H and O–H groups in total. The smallest absolute Gasteiger partial charge is 0.209 e. The molecule has 0 unspecified atom stereocenters. The minimum absolute atomic E-state index is 0.730. The average molecular weight is 273 g/mol. The molecule has 0 aliphatic carbocycles. The number of ether oxygens (including phenoxy) is 1. The summed E-state index contributed by atoms with van der Waals surface area (Å²) in [5, 5.41) is 16.0. The highest BCUT2D eigenvalue weighted by Gasteiger charge is 2.05. The third-order valence-electron chi connectivity index (χ3n) is 2.46. The molecule has 0 atom stereocenters. The summed E-state index contributed by atoms with van der Waals surface area (Å²) < 4.78 is 6.82. The molecule has 0 aromatic carbocycles. The highest BCUT2D eigenvalue weighted by Crippen LogP contribution is 2.15. The van der Waals surface area contributed by atoms with Gasteiger partial charge in [0.1, 0.15) is 0 Å². The van der Waals surface area contributed by atoms with Crippen LogP contribution in [0.15, 0.2) is 5.16 Å². The predicted octanol–water partition coefficient (Wildman–Crippen LogP) is 1.19. The third-order valence-corrected chi connectivity index (χ3v) is 3.50. The Labute approximate surface area is 113 Å². The van der Waals surface area contributed by atoms with Gasteiger partial charge in [-0.3, -0.25) is 0 Å². The highest BCUT2D eigenvalue weighted by molar-refractivity contribution is 7.99. The van der Waals surface area contributed by atoms with E-state index in [1.165, 1.54) is 19.3 Å². The van der Waals surface area contributed by atoms with Crippen molar-refractivity contribution in [1.82, 2.24) is 25.5 Å². The number of tetrazole rings is 1. The molecule has 1 rings (SSSR count). The number of hydrogen-bond acceptors (Lipinski definition) is 6. The minimum atomic E-state index is 0.730. The summed E-state index contributed by atoms with van der Waals surface area (Å²) in [6, 6.07) is 0. The Kier molecular flexibility index (Phi) is 8.79. The van der Waals surface area contributed by atoms with Crippen molar-refractivity contribution in [2.75, 3.05) is 32.6 Å². The van der Waals surface area contributed by atoms with Crippen LogP contribution in [0.3, 0.4) is 0 Å². The molecule has 0 bridgehead atoms. The lowest BCUT2D eigenvalue weighted by Crippen LogP contribution is -2.24. The van der Waals surface area contributed by atoms with E-state index in [1.54, 1.807) is 18.9 Å². The van der Waals surface area contributed by atoms with Gasteiger partial charge in [-0.1, -0.05) is 31.5 Å². The maximum atomic E-state index is 4.97. The lowest BCUT2D eigenvalue weighted by atomic mass is 10.3. The quantitative estimate of drug-likeness (QED) is 0.483. The van der Waals surface area contributed by atoms with Gasteiger partial charge in [-0.25, -0.2) is 4.68 Å². The molecule has 6 nitrogen and oxygen atoms in total. The number of nitrogens with one attached hydrogen (secondary N) is 1. The SMILES string of the molecule is CCCCCSc1nnnn1CCNCCOC. The molecule has 1 aromatic rings. The Morgan fingerprint density at radius 2 is 2.22 bits per heavy atom. The summed E-state index contributed by atoms with van der Waals surface area (Å²) in [5.41, 5.74) is 0. The van der Waals surface area contributed by atoms with E-state index in [0.717, 1.165) is 37.2 Å². The van der Waals surface area contributed by atoms with E-state index in [2.05, 4.69) is 27.8 Å². The van der Waals surface area contributed by atoms with E-state index in [-0.39, 0.29) is 0 Å². The standard InChI is InChI=1S/C11H23N5OS/c1-3-4-5-10-18-11-13-14-15-16(11)8-6-12-7-9-17-2/h12H,3-10H2,1-2H3. The minimum Gasteiger partial charge on any atom is -0.383 e. The average Bonchev–Trinajstić information content (AvgIpc) is 2.82. The molecule has 0 amide bonds. The van der Waals surface area contributed by atoms with Crippen molar-refractivity contribution < 1.29 is 4.74 Å². The fourth-order valence-corrected chi connectivity index (χ4v) is 2.34. The van der Waals surface area contributed by atoms with E-state index in [1.807, 2.05) is 4.68 Å². The molecule has 0 spiro atoms. The van der Waals surface area contributed by atoms with Gasteiger partial charge in [0, 0.05) is 26.0 Å². The predicted molar refractivity (Wildman–Crippen MR) is 72.8 cm³/mol. The van der Waals surface area contributed by atoms with E-state index in [9.17, 15) is 0 Å². The van der Waals surface area contributed by atoms with E-state index in [0.29, 0.717) is 0 Å². The molecule has 104 valence electrons. The van der Waals surface area contributed by atoms with Gasteiger partial charge in [0.15, 0.2) is 0 Å². The van der Waals surface area contributed by atoms with Gasteiger partial charge >= 0.3 is 0 Å². The molecule has 0 fully saturated rings. The van der Waals surface area contributed by atoms with Crippen molar-refractivity contribution in [3.63, 3.8) is 0 Å². The van der Waals surface area contributed by atoms with Crippen molar-refractivity contribution in [1.29, 1.82) is 0 Å². The molecule has 0 saturated heterocycles. The first-order valence-electron chi connectivity index (χ1n) is 6.47. The first kappa shape index (κ1) is 15.4. The maximum absolute atomic E-state index is 4.97. The van der Waals surface area contributed by atoms with E-state index >= 15 is 0 Å². The summed E-state index contributed by atoms with van der Waals surface area (Å²) in [4.78, 5) is 0. The first-order chi connectivity index (χ1) is 8.88. The number of unbranched alkanes of at least 4 members (excludes halogenated alkanes) is 2. The zero-order chi connectivity index (χ0) is 13.1. The van der Waals surface area contributed by atoms with Crippen molar-refractivity contribution in [3.05, 3.63) is 0 Å². The number of rotatable bonds is 11. The van der Waals surface area contributed by atoms with Gasteiger partial charge in [0.05, 0.1) is 13.2 Å². The molecule has 0 radical (unpaired) electrons. The van der Waals surface area contributed by atoms with Crippen LogP contribution < -0.4 is 5.32 Å². The topological polar surface area (TPSA) is 64.9 Å². The van der Waals surface area contributed by atoms with Crippen molar-refractivity contribution in [2.45, 2.75) is 37.9 Å². The van der Waals surface area contributed by atoms with Crippen LogP contribution in [0.25, 0.3) is 0 Å². The Morgan fingerprint density at radius 1 is 1.33 bits per heavy atom. The van der Waals surface area contributed by atoms with Gasteiger partial charge in [0.25, 0.3) is 0 Å². The van der Waals surface area contributed by atoms with Crippen molar-refractivity contribution >= 4 is 11.8 Å². The second-order valence-electron chi connectivity index (χ2n) is 3.98. The van der Waals surface area contributed by atoms with E-state index < -0.39 is 0 Å². The number of methoxy groups -OCH3 is 1. The fraction of sp³-hybridized carbons (Fsp3) is 0.909. The summed E-state index contributed by atoms with van der Waals surface area (Å²) in [6.45, 7) is 5.45. The highest BCUT2D eigenvalue weighted by atomic mass is 32.2. The van der Waals surface area contributed by atoms with Gasteiger partial charge in [-0.05, 0) is 16.8 Å². The molecule has 1 aromatic heterocycles. The molecular formula is C11H23N5OS. The van der Waals surface area contributed by atoms with Crippen LogP contribution in [0.4, 0.5) is 0 Å². The lowest BCUT2D eigenvalue weighted by molar-refractivity contribution is 0.199. The van der Waals surface area contributed by atoms with Crippen LogP contribution in [0.5, 0.6) is 0 Å². The summed E-state index contributed by atoms with van der Waals surface area (Å²) in [7, 11) is 1.70. The van der Waals surface area contributed by atoms with Crippen LogP contribution in [-0.4, -0.2) is 52.8 Å². The normalized spacial score (nSPS) is 11.0. The molecule has 1 heterocycles. The second kappa shape index (κ2) is 10.3. The number of thioether (sulfide) groups is 1. The van der Waals surface area contributed by atoms with E-state index in [4.69, 9.17) is 4.74 Å². The van der Waals surface area contributed by atoms with Crippen LogP contribution in [0, 0.1) is 0 Å². The van der Waals surface area contributed by atoms with Crippen molar-refractivity contribution in [2.24, 2.45) is 0 Å². The van der Waals surface area contributed by atoms with Crippen molar-refractivity contribution in [3.8, 4) is 0 Å². The first-order valence-corrected chi connectivity index (χ1v) is 7.45. The lowest BCUT2D eigenvalue weighted by Gasteiger charge is -2.05. The van der Waals surface area contributed by atoms with Crippen LogP contribution >= 0.6 is 11.8 Å². The van der Waals surface area contributed by atoms with Crippen LogP contribution in [-0.2, 0) is 11.3 Å². The summed E-state index contributed by atoms with van der Waals surface area (Å²) >= 11 is 1.74. The summed E-state index contributed by atoms with van der Waals surface area (Å²) in [5.74, 6) is 1.09. The molecule has 18 heavy (non-hydrogen) atoms. The van der Waals surface area contributed by atoms with Gasteiger partial charge in [-0.15, -0.1) is 5.10 Å². The van der Waals surface area contributed by atoms with Gasteiger partial charge < -0.3 is 10.1 Å². The molecule has 0 aliphatic rings. The molecule has 7 heteroatoms. The monoisotopic (exact) mass is 273 g/mol. The molecular weight excluding hydrogens is 250 g/mol. The molecule has 0 aliphatic heterocycles. The number of nitrogens with zero attached hydrogens (tertiary/aromatic N) is 4. The van der Waals surface area contributed by atoms with Gasteiger partial charge in [0.2, 0.25) is 5.16 Å². The number of hydrogen-bond donors (Lipinski definition) is 1. The third kappa shape index (κ3) is 6.32. The molecule has 0 saturated carbocycles. The Morgan fingerprint density at radius 3 is 3.00 bits per heavy atom. The fourth-order valence-electron chi connectivity index (χ4n) is 1.44. The largest absolute Gasteiger partial charge is 0.383 e. The maximum Gasteiger partial charge on any atom is 0.209 e. The zero-order valence-electron chi connectivity index (χ0n) is 11.3. The Hall–Kier alpha value is -0.660. The Balaban J connectivity index is 2.18.